The topological polar surface area (TPSA) is 50.4 Å². The number of aryl methyl sites for hydroxylation is 1. The molecule has 2 atom stereocenters. The molecule has 0 saturated carbocycles. The van der Waals surface area contributed by atoms with E-state index in [1.165, 1.54) is 0 Å². The van der Waals surface area contributed by atoms with Crippen molar-refractivity contribution >= 4 is 11.6 Å². The Balaban J connectivity index is 2.05. The first kappa shape index (κ1) is 15.8. The highest BCUT2D eigenvalue weighted by molar-refractivity contribution is 5.94. The molecule has 2 N–H and O–H groups in total. The minimum atomic E-state index is 0.0848. The molecule has 1 heterocycles. The highest BCUT2D eigenvalue weighted by Crippen LogP contribution is 2.27. The number of carbonyl (C=O) groups excluding carboxylic acids is 1. The number of hydrogen-bond donors (Lipinski definition) is 2. The van der Waals surface area contributed by atoms with Crippen LogP contribution in [0.3, 0.4) is 0 Å². The Morgan fingerprint density at radius 1 is 1.48 bits per heavy atom. The average molecular weight is 290 g/mol. The van der Waals surface area contributed by atoms with Gasteiger partial charge < -0.3 is 15.4 Å². The van der Waals surface area contributed by atoms with Crippen LogP contribution in [0.5, 0.6) is 5.75 Å². The van der Waals surface area contributed by atoms with Gasteiger partial charge in [-0.15, -0.1) is 0 Å². The number of rotatable bonds is 5. The number of carbonyl (C=O) groups is 1. The molecule has 2 rings (SSSR count). The van der Waals surface area contributed by atoms with Crippen LogP contribution in [0.1, 0.15) is 38.7 Å². The van der Waals surface area contributed by atoms with Crippen molar-refractivity contribution in [3.05, 3.63) is 23.8 Å². The summed E-state index contributed by atoms with van der Waals surface area (Å²) in [6, 6.07) is 6.32. The lowest BCUT2D eigenvalue weighted by Gasteiger charge is -2.27. The van der Waals surface area contributed by atoms with Gasteiger partial charge in [0.15, 0.2) is 0 Å². The van der Waals surface area contributed by atoms with Crippen molar-refractivity contribution in [2.45, 2.75) is 46.1 Å². The third-order valence-electron chi connectivity index (χ3n) is 3.85. The average Bonchev–Trinajstić information content (AvgIpc) is 2.47. The predicted molar refractivity (Wildman–Crippen MR) is 85.8 cm³/mol. The van der Waals surface area contributed by atoms with E-state index in [1.54, 1.807) is 0 Å². The summed E-state index contributed by atoms with van der Waals surface area (Å²) in [4.78, 5) is 12.4. The van der Waals surface area contributed by atoms with Gasteiger partial charge in [-0.05, 0) is 57.4 Å². The number of nitrogens with one attached hydrogen (secondary N) is 2. The van der Waals surface area contributed by atoms with E-state index < -0.39 is 0 Å². The monoisotopic (exact) mass is 290 g/mol. The van der Waals surface area contributed by atoms with Crippen molar-refractivity contribution in [1.29, 1.82) is 0 Å². The van der Waals surface area contributed by atoms with Crippen LogP contribution in [0.15, 0.2) is 18.2 Å². The fourth-order valence-electron chi connectivity index (χ4n) is 2.67. The maximum absolute atomic E-state index is 12.4. The van der Waals surface area contributed by atoms with Gasteiger partial charge in [0.1, 0.15) is 5.75 Å². The standard InChI is InChI=1S/C17H26N2O2/c1-4-9-21-16-10-12(2)5-6-15(16)19-17(20)14-7-8-18-13(3)11-14/h5-6,10,13-14,18H,4,7-9,11H2,1-3H3,(H,19,20)/t13-,14-/m0/s1. The van der Waals surface area contributed by atoms with Gasteiger partial charge >= 0.3 is 0 Å². The highest BCUT2D eigenvalue weighted by Gasteiger charge is 2.25. The van der Waals surface area contributed by atoms with E-state index >= 15 is 0 Å². The summed E-state index contributed by atoms with van der Waals surface area (Å²) in [5.41, 5.74) is 1.92. The predicted octanol–water partition coefficient (Wildman–Crippen LogP) is 3.11. The zero-order chi connectivity index (χ0) is 15.2. The number of benzene rings is 1. The van der Waals surface area contributed by atoms with E-state index in [9.17, 15) is 4.79 Å². The molecule has 1 aliphatic heterocycles. The molecular formula is C17H26N2O2. The molecule has 1 amide bonds. The lowest BCUT2D eigenvalue weighted by atomic mass is 9.92. The summed E-state index contributed by atoms with van der Waals surface area (Å²) < 4.78 is 5.75. The molecule has 1 aromatic carbocycles. The van der Waals surface area contributed by atoms with Gasteiger partial charge in [-0.3, -0.25) is 4.79 Å². The van der Waals surface area contributed by atoms with E-state index in [2.05, 4.69) is 24.5 Å². The van der Waals surface area contributed by atoms with Crippen molar-refractivity contribution in [3.8, 4) is 5.75 Å². The van der Waals surface area contributed by atoms with E-state index in [-0.39, 0.29) is 11.8 Å². The molecule has 4 heteroatoms. The minimum absolute atomic E-state index is 0.0848. The van der Waals surface area contributed by atoms with Crippen LogP contribution in [0.2, 0.25) is 0 Å². The highest BCUT2D eigenvalue weighted by atomic mass is 16.5. The first-order valence-corrected chi connectivity index (χ1v) is 7.88. The summed E-state index contributed by atoms with van der Waals surface area (Å²) in [5.74, 6) is 0.960. The minimum Gasteiger partial charge on any atom is -0.491 e. The summed E-state index contributed by atoms with van der Waals surface area (Å²) in [6.07, 6.45) is 2.74. The van der Waals surface area contributed by atoms with Gasteiger partial charge in [0.05, 0.1) is 12.3 Å². The molecule has 116 valence electrons. The summed E-state index contributed by atoms with van der Waals surface area (Å²) in [5, 5.41) is 6.42. The summed E-state index contributed by atoms with van der Waals surface area (Å²) in [6.45, 7) is 7.80. The molecular weight excluding hydrogens is 264 g/mol. The maximum atomic E-state index is 12.4. The van der Waals surface area contributed by atoms with Crippen LogP contribution in [0, 0.1) is 12.8 Å². The Labute approximate surface area is 127 Å². The van der Waals surface area contributed by atoms with Gasteiger partial charge in [-0.25, -0.2) is 0 Å². The third kappa shape index (κ3) is 4.46. The Morgan fingerprint density at radius 2 is 2.29 bits per heavy atom. The fraction of sp³-hybridized carbons (Fsp3) is 0.588. The number of piperidine rings is 1. The second kappa shape index (κ2) is 7.46. The van der Waals surface area contributed by atoms with Crippen molar-refractivity contribution in [1.82, 2.24) is 5.32 Å². The SMILES string of the molecule is CCCOc1cc(C)ccc1NC(=O)[C@H]1CCN[C@@H](C)C1. The van der Waals surface area contributed by atoms with Crippen LogP contribution in [0.25, 0.3) is 0 Å². The van der Waals surface area contributed by atoms with Gasteiger partial charge in [-0.1, -0.05) is 13.0 Å². The third-order valence-corrected chi connectivity index (χ3v) is 3.85. The van der Waals surface area contributed by atoms with Crippen molar-refractivity contribution in [2.75, 3.05) is 18.5 Å². The molecule has 0 unspecified atom stereocenters. The summed E-state index contributed by atoms with van der Waals surface area (Å²) >= 11 is 0. The fourth-order valence-corrected chi connectivity index (χ4v) is 2.67. The van der Waals surface area contributed by atoms with E-state index in [0.29, 0.717) is 12.6 Å². The largest absolute Gasteiger partial charge is 0.491 e. The number of amides is 1. The molecule has 0 aromatic heterocycles. The first-order chi connectivity index (χ1) is 10.1. The van der Waals surface area contributed by atoms with Crippen LogP contribution in [0.4, 0.5) is 5.69 Å². The van der Waals surface area contributed by atoms with Crippen LogP contribution >= 0.6 is 0 Å². The smallest absolute Gasteiger partial charge is 0.227 e. The molecule has 0 radical (unpaired) electrons. The second-order valence-electron chi connectivity index (χ2n) is 5.91. The van der Waals surface area contributed by atoms with Gasteiger partial charge in [0, 0.05) is 12.0 Å². The molecule has 4 nitrogen and oxygen atoms in total. The Bertz CT molecular complexity index is 488. The number of hydrogen-bond acceptors (Lipinski definition) is 3. The lowest BCUT2D eigenvalue weighted by Crippen LogP contribution is -2.40. The number of anilines is 1. The number of ether oxygens (including phenoxy) is 1. The first-order valence-electron chi connectivity index (χ1n) is 7.88. The molecule has 1 saturated heterocycles. The van der Waals surface area contributed by atoms with Crippen molar-refractivity contribution < 1.29 is 9.53 Å². The zero-order valence-electron chi connectivity index (χ0n) is 13.2. The van der Waals surface area contributed by atoms with Gasteiger partial charge in [0.25, 0.3) is 0 Å². The molecule has 1 aliphatic rings. The second-order valence-corrected chi connectivity index (χ2v) is 5.91. The van der Waals surface area contributed by atoms with E-state index in [4.69, 9.17) is 4.74 Å². The Kier molecular flexibility index (Phi) is 5.62. The van der Waals surface area contributed by atoms with Crippen LogP contribution in [-0.4, -0.2) is 25.1 Å². The van der Waals surface area contributed by atoms with Crippen molar-refractivity contribution in [3.63, 3.8) is 0 Å². The lowest BCUT2D eigenvalue weighted by molar-refractivity contribution is -0.120. The Hall–Kier alpha value is -1.55. The van der Waals surface area contributed by atoms with Gasteiger partial charge in [0.2, 0.25) is 5.91 Å². The quantitative estimate of drug-likeness (QED) is 0.876. The molecule has 1 aromatic rings. The summed E-state index contributed by atoms with van der Waals surface area (Å²) in [7, 11) is 0. The van der Waals surface area contributed by atoms with Crippen molar-refractivity contribution in [2.24, 2.45) is 5.92 Å². The Morgan fingerprint density at radius 3 is 3.00 bits per heavy atom. The molecule has 0 spiro atoms. The van der Waals surface area contributed by atoms with E-state index in [1.807, 2.05) is 25.1 Å². The molecule has 1 fully saturated rings. The molecule has 0 bridgehead atoms. The van der Waals surface area contributed by atoms with E-state index in [0.717, 1.165) is 42.8 Å². The normalized spacial score (nSPS) is 21.9. The molecule has 0 aliphatic carbocycles. The van der Waals surface area contributed by atoms with Gasteiger partial charge in [-0.2, -0.15) is 0 Å². The maximum Gasteiger partial charge on any atom is 0.227 e. The van der Waals surface area contributed by atoms with Crippen LogP contribution < -0.4 is 15.4 Å². The zero-order valence-corrected chi connectivity index (χ0v) is 13.2. The molecule has 21 heavy (non-hydrogen) atoms. The van der Waals surface area contributed by atoms with Crippen LogP contribution in [-0.2, 0) is 4.79 Å².